The minimum Gasteiger partial charge on any atom is -0.395 e. The fraction of sp³-hybridized carbons (Fsp3) is 0.500. The summed E-state index contributed by atoms with van der Waals surface area (Å²) >= 11 is 0. The van der Waals surface area contributed by atoms with Gasteiger partial charge in [0.15, 0.2) is 5.82 Å². The Morgan fingerprint density at radius 3 is 2.94 bits per heavy atom. The van der Waals surface area contributed by atoms with Gasteiger partial charge < -0.3 is 15.4 Å². The lowest BCUT2D eigenvalue weighted by Gasteiger charge is -2.20. The number of carbonyl (C=O) groups is 1. The van der Waals surface area contributed by atoms with Crippen molar-refractivity contribution in [3.8, 4) is 0 Å². The van der Waals surface area contributed by atoms with Gasteiger partial charge in [0.05, 0.1) is 19.0 Å². The maximum atomic E-state index is 12.1. The number of hydrogen-bond acceptors (Lipinski definition) is 6. The van der Waals surface area contributed by atoms with Crippen molar-refractivity contribution in [2.75, 3.05) is 18.6 Å². The van der Waals surface area contributed by atoms with Gasteiger partial charge in [0.25, 0.3) is 5.91 Å². The summed E-state index contributed by atoms with van der Waals surface area (Å²) in [6.07, 6.45) is 4.79. The van der Waals surface area contributed by atoms with Crippen LogP contribution in [-0.2, 0) is 0 Å². The van der Waals surface area contributed by atoms with Crippen molar-refractivity contribution in [3.05, 3.63) is 18.1 Å². The monoisotopic (exact) mass is 237 g/mol. The molecule has 7 heteroatoms. The van der Waals surface area contributed by atoms with Crippen LogP contribution in [-0.4, -0.2) is 45.1 Å². The first kappa shape index (κ1) is 11.7. The Morgan fingerprint density at radius 1 is 1.59 bits per heavy atom. The highest BCUT2D eigenvalue weighted by atomic mass is 16.3. The van der Waals surface area contributed by atoms with Crippen LogP contribution in [0.3, 0.4) is 0 Å². The lowest BCUT2D eigenvalue weighted by Crippen LogP contribution is -2.36. The third kappa shape index (κ3) is 2.69. The average Bonchev–Trinajstić information content (AvgIpc) is 3.19. The van der Waals surface area contributed by atoms with Crippen molar-refractivity contribution in [3.63, 3.8) is 0 Å². The Bertz CT molecular complexity index is 407. The molecule has 0 saturated heterocycles. The first-order valence-corrected chi connectivity index (χ1v) is 5.46. The maximum Gasteiger partial charge on any atom is 0.274 e. The summed E-state index contributed by atoms with van der Waals surface area (Å²) in [5.41, 5.74) is 2.58. The molecule has 0 spiro atoms. The smallest absolute Gasteiger partial charge is 0.274 e. The Balaban J connectivity index is 2.15. The van der Waals surface area contributed by atoms with E-state index in [0.717, 1.165) is 12.8 Å². The molecular formula is C10H15N5O2. The summed E-state index contributed by atoms with van der Waals surface area (Å²) in [4.78, 5) is 21.7. The van der Waals surface area contributed by atoms with Gasteiger partial charge in [-0.15, -0.1) is 0 Å². The van der Waals surface area contributed by atoms with Crippen LogP contribution >= 0.6 is 0 Å². The summed E-state index contributed by atoms with van der Waals surface area (Å²) in [7, 11) is 0. The van der Waals surface area contributed by atoms with Crippen LogP contribution in [0.1, 0.15) is 23.3 Å². The number of carbonyl (C=O) groups excluding carboxylic acids is 1. The van der Waals surface area contributed by atoms with Crippen molar-refractivity contribution >= 4 is 11.7 Å². The van der Waals surface area contributed by atoms with Crippen LogP contribution in [0.4, 0.5) is 5.82 Å². The van der Waals surface area contributed by atoms with Crippen LogP contribution in [0.15, 0.2) is 12.4 Å². The van der Waals surface area contributed by atoms with Crippen molar-refractivity contribution < 1.29 is 9.90 Å². The first-order chi connectivity index (χ1) is 8.26. The zero-order valence-electron chi connectivity index (χ0n) is 9.33. The van der Waals surface area contributed by atoms with E-state index in [-0.39, 0.29) is 24.2 Å². The molecule has 2 rings (SSSR count). The fourth-order valence-corrected chi connectivity index (χ4v) is 1.63. The number of hydrazine groups is 1. The number of aliphatic hydroxyl groups is 1. The van der Waals surface area contributed by atoms with E-state index in [4.69, 9.17) is 10.9 Å². The van der Waals surface area contributed by atoms with Gasteiger partial charge in [-0.3, -0.25) is 9.78 Å². The summed E-state index contributed by atoms with van der Waals surface area (Å²) in [6.45, 7) is 0.274. The zero-order chi connectivity index (χ0) is 12.3. The predicted octanol–water partition coefficient (Wildman–Crippen LogP) is -0.641. The zero-order valence-corrected chi connectivity index (χ0v) is 9.33. The van der Waals surface area contributed by atoms with Crippen LogP contribution in [0.2, 0.25) is 0 Å². The molecule has 1 aromatic rings. The average molecular weight is 237 g/mol. The molecular weight excluding hydrogens is 222 g/mol. The van der Waals surface area contributed by atoms with Crippen molar-refractivity contribution in [1.82, 2.24) is 14.9 Å². The second-order valence-corrected chi connectivity index (χ2v) is 3.89. The Labute approximate surface area is 98.6 Å². The number of amides is 1. The molecule has 1 saturated carbocycles. The van der Waals surface area contributed by atoms with E-state index in [0.29, 0.717) is 12.4 Å². The summed E-state index contributed by atoms with van der Waals surface area (Å²) in [5.74, 6) is 5.33. The lowest BCUT2D eigenvalue weighted by molar-refractivity contribution is 0.0701. The lowest BCUT2D eigenvalue weighted by atomic mass is 10.3. The summed E-state index contributed by atoms with van der Waals surface area (Å²) in [6, 6.07) is 0.228. The predicted molar refractivity (Wildman–Crippen MR) is 61.0 cm³/mol. The number of nitrogens with two attached hydrogens (primary N) is 1. The van der Waals surface area contributed by atoms with Crippen LogP contribution in [0.25, 0.3) is 0 Å². The highest BCUT2D eigenvalue weighted by Gasteiger charge is 2.33. The van der Waals surface area contributed by atoms with Gasteiger partial charge in [0, 0.05) is 12.6 Å². The van der Waals surface area contributed by atoms with E-state index in [2.05, 4.69) is 15.4 Å². The second-order valence-electron chi connectivity index (χ2n) is 3.89. The second kappa shape index (κ2) is 5.07. The molecule has 0 aliphatic heterocycles. The van der Waals surface area contributed by atoms with Gasteiger partial charge in [0.1, 0.15) is 5.69 Å². The molecule has 0 radical (unpaired) electrons. The number of aromatic nitrogens is 2. The van der Waals surface area contributed by atoms with Gasteiger partial charge in [-0.05, 0) is 12.8 Å². The third-order valence-electron chi connectivity index (χ3n) is 2.59. The van der Waals surface area contributed by atoms with Crippen LogP contribution in [0, 0.1) is 0 Å². The normalized spacial score (nSPS) is 14.5. The number of aliphatic hydroxyl groups excluding tert-OH is 1. The van der Waals surface area contributed by atoms with E-state index in [1.807, 2.05) is 0 Å². The fourth-order valence-electron chi connectivity index (χ4n) is 1.63. The maximum absolute atomic E-state index is 12.1. The SMILES string of the molecule is NNc1cncc(C(=O)N(CCO)C2CC2)n1. The molecule has 1 aromatic heterocycles. The molecule has 92 valence electrons. The highest BCUT2D eigenvalue weighted by Crippen LogP contribution is 2.27. The topological polar surface area (TPSA) is 104 Å². The molecule has 1 aliphatic rings. The van der Waals surface area contributed by atoms with Gasteiger partial charge in [0.2, 0.25) is 0 Å². The van der Waals surface area contributed by atoms with E-state index in [9.17, 15) is 4.79 Å². The number of nitrogens with zero attached hydrogens (tertiary/aromatic N) is 3. The Morgan fingerprint density at radius 2 is 2.35 bits per heavy atom. The number of rotatable bonds is 5. The van der Waals surface area contributed by atoms with E-state index < -0.39 is 0 Å². The first-order valence-electron chi connectivity index (χ1n) is 5.46. The van der Waals surface area contributed by atoms with E-state index in [1.165, 1.54) is 12.4 Å². The number of nitrogens with one attached hydrogen (secondary N) is 1. The Kier molecular flexibility index (Phi) is 3.50. The molecule has 1 fully saturated rings. The van der Waals surface area contributed by atoms with E-state index >= 15 is 0 Å². The number of anilines is 1. The molecule has 1 heterocycles. The largest absolute Gasteiger partial charge is 0.395 e. The molecule has 1 aliphatic carbocycles. The summed E-state index contributed by atoms with van der Waals surface area (Å²) < 4.78 is 0. The highest BCUT2D eigenvalue weighted by molar-refractivity contribution is 5.92. The molecule has 0 atom stereocenters. The number of hydrogen-bond donors (Lipinski definition) is 3. The third-order valence-corrected chi connectivity index (χ3v) is 2.59. The Hall–Kier alpha value is -1.73. The standard InChI is InChI=1S/C10H15N5O2/c11-14-9-6-12-5-8(13-9)10(17)15(3-4-16)7-1-2-7/h5-7,16H,1-4,11H2,(H,13,14). The summed E-state index contributed by atoms with van der Waals surface area (Å²) in [5, 5.41) is 8.95. The van der Waals surface area contributed by atoms with E-state index in [1.54, 1.807) is 4.90 Å². The number of nitrogen functional groups attached to an aromatic ring is 1. The van der Waals surface area contributed by atoms with Gasteiger partial charge >= 0.3 is 0 Å². The van der Waals surface area contributed by atoms with Crippen LogP contribution in [0.5, 0.6) is 0 Å². The minimum absolute atomic E-state index is 0.0511. The molecule has 0 bridgehead atoms. The molecule has 7 nitrogen and oxygen atoms in total. The van der Waals surface area contributed by atoms with Gasteiger partial charge in [-0.2, -0.15) is 0 Å². The molecule has 17 heavy (non-hydrogen) atoms. The van der Waals surface area contributed by atoms with Crippen molar-refractivity contribution in [1.29, 1.82) is 0 Å². The quantitative estimate of drug-likeness (QED) is 0.465. The van der Waals surface area contributed by atoms with Crippen molar-refractivity contribution in [2.45, 2.75) is 18.9 Å². The molecule has 0 aromatic carbocycles. The van der Waals surface area contributed by atoms with Crippen LogP contribution < -0.4 is 11.3 Å². The molecule has 0 unspecified atom stereocenters. The minimum atomic E-state index is -0.217. The molecule has 1 amide bonds. The van der Waals surface area contributed by atoms with Crippen molar-refractivity contribution in [2.24, 2.45) is 5.84 Å². The molecule has 4 N–H and O–H groups in total. The van der Waals surface area contributed by atoms with Gasteiger partial charge in [-0.25, -0.2) is 10.8 Å². The van der Waals surface area contributed by atoms with Gasteiger partial charge in [-0.1, -0.05) is 0 Å².